The quantitative estimate of drug-likeness (QED) is 0.588. The maximum Gasteiger partial charge on any atom is 0.254 e. The lowest BCUT2D eigenvalue weighted by molar-refractivity contribution is -0.125. The summed E-state index contributed by atoms with van der Waals surface area (Å²) >= 11 is 0. The number of rotatable bonds is 10. The van der Waals surface area contributed by atoms with Crippen molar-refractivity contribution in [2.24, 2.45) is 0 Å². The van der Waals surface area contributed by atoms with E-state index >= 15 is 0 Å². The van der Waals surface area contributed by atoms with Crippen LogP contribution in [0.4, 0.5) is 0 Å². The summed E-state index contributed by atoms with van der Waals surface area (Å²) in [6.45, 7) is 4.89. The first-order valence-corrected chi connectivity index (χ1v) is 11.0. The predicted molar refractivity (Wildman–Crippen MR) is 114 cm³/mol. The molecule has 0 bridgehead atoms. The van der Waals surface area contributed by atoms with Gasteiger partial charge in [-0.1, -0.05) is 45.4 Å². The fraction of sp³-hybridized carbons (Fsp3) is 0.609. The number of carbonyl (C=O) groups excluding carboxylic acids is 2. The predicted octanol–water partition coefficient (Wildman–Crippen LogP) is 4.69. The van der Waals surface area contributed by atoms with Crippen LogP contribution in [0.2, 0.25) is 0 Å². The number of likely N-dealkylation sites (tertiary alicyclic amines) is 1. The van der Waals surface area contributed by atoms with Gasteiger partial charge in [0, 0.05) is 18.2 Å². The van der Waals surface area contributed by atoms with Gasteiger partial charge in [0.25, 0.3) is 5.91 Å². The van der Waals surface area contributed by atoms with E-state index in [9.17, 15) is 9.59 Å². The first-order chi connectivity index (χ1) is 14.1. The molecule has 0 spiro atoms. The molecule has 1 aliphatic heterocycles. The molecular formula is C23H33N3O3. The van der Waals surface area contributed by atoms with Crippen LogP contribution >= 0.6 is 0 Å². The van der Waals surface area contributed by atoms with Crippen LogP contribution in [0.25, 0.3) is 11.1 Å². The lowest BCUT2D eigenvalue weighted by atomic mass is 10.1. The van der Waals surface area contributed by atoms with E-state index in [1.165, 1.54) is 38.5 Å². The zero-order valence-corrected chi connectivity index (χ0v) is 17.7. The van der Waals surface area contributed by atoms with E-state index in [1.54, 1.807) is 23.1 Å². The second-order valence-corrected chi connectivity index (χ2v) is 8.16. The highest BCUT2D eigenvalue weighted by molar-refractivity contribution is 6.00. The number of amides is 2. The summed E-state index contributed by atoms with van der Waals surface area (Å²) in [6, 6.07) is 4.98. The van der Waals surface area contributed by atoms with E-state index in [-0.39, 0.29) is 23.9 Å². The third-order valence-corrected chi connectivity index (χ3v) is 5.77. The smallest absolute Gasteiger partial charge is 0.254 e. The highest BCUT2D eigenvalue weighted by Crippen LogP contribution is 2.23. The van der Waals surface area contributed by atoms with Crippen molar-refractivity contribution in [1.29, 1.82) is 0 Å². The molecule has 1 aromatic heterocycles. The molecule has 1 aromatic carbocycles. The lowest BCUT2D eigenvalue weighted by Crippen LogP contribution is -2.48. The number of carbonyl (C=O) groups is 2. The van der Waals surface area contributed by atoms with Crippen molar-refractivity contribution in [3.05, 3.63) is 30.2 Å². The van der Waals surface area contributed by atoms with Crippen LogP contribution in [0.5, 0.6) is 0 Å². The van der Waals surface area contributed by atoms with Crippen molar-refractivity contribution < 1.29 is 14.0 Å². The average Bonchev–Trinajstić information content (AvgIpc) is 3.38. The minimum atomic E-state index is -0.387. The Labute approximate surface area is 173 Å². The van der Waals surface area contributed by atoms with Gasteiger partial charge in [-0.05, 0) is 44.4 Å². The molecule has 1 N–H and O–H groups in total. The second-order valence-electron chi connectivity index (χ2n) is 8.16. The zero-order chi connectivity index (χ0) is 20.6. The number of fused-ring (bicyclic) bond motifs is 1. The molecule has 1 aliphatic rings. The molecule has 2 heterocycles. The Morgan fingerprint density at radius 1 is 1.24 bits per heavy atom. The third kappa shape index (κ3) is 5.58. The molecule has 29 heavy (non-hydrogen) atoms. The Hall–Kier alpha value is -2.37. The minimum Gasteiger partial charge on any atom is -0.443 e. The van der Waals surface area contributed by atoms with E-state index in [1.807, 2.05) is 0 Å². The van der Waals surface area contributed by atoms with Crippen molar-refractivity contribution in [3.8, 4) is 0 Å². The summed E-state index contributed by atoms with van der Waals surface area (Å²) in [4.78, 5) is 31.6. The topological polar surface area (TPSA) is 75.4 Å². The number of hydrogen-bond donors (Lipinski definition) is 1. The largest absolute Gasteiger partial charge is 0.443 e. The first-order valence-electron chi connectivity index (χ1n) is 11.0. The number of aromatic nitrogens is 1. The summed E-state index contributed by atoms with van der Waals surface area (Å²) in [5.41, 5.74) is 1.86. The van der Waals surface area contributed by atoms with Crippen molar-refractivity contribution in [2.75, 3.05) is 6.54 Å². The zero-order valence-electron chi connectivity index (χ0n) is 17.7. The number of nitrogens with one attached hydrogen (secondary N) is 1. The van der Waals surface area contributed by atoms with E-state index < -0.39 is 0 Å². The molecule has 1 saturated heterocycles. The Balaban J connectivity index is 1.51. The van der Waals surface area contributed by atoms with Crippen LogP contribution in [-0.2, 0) is 4.79 Å². The van der Waals surface area contributed by atoms with Crippen LogP contribution in [0.1, 0.15) is 82.0 Å². The van der Waals surface area contributed by atoms with Crippen molar-refractivity contribution in [2.45, 2.75) is 83.7 Å². The van der Waals surface area contributed by atoms with Crippen LogP contribution in [0, 0.1) is 0 Å². The molecule has 2 aromatic rings. The number of hydrogen-bond acceptors (Lipinski definition) is 4. The maximum absolute atomic E-state index is 13.0. The maximum atomic E-state index is 13.0. The Morgan fingerprint density at radius 3 is 2.86 bits per heavy atom. The molecule has 6 heteroatoms. The second kappa shape index (κ2) is 10.4. The summed E-state index contributed by atoms with van der Waals surface area (Å²) in [5.74, 6) is -0.145. The van der Waals surface area contributed by atoms with E-state index in [2.05, 4.69) is 24.1 Å². The fourth-order valence-electron chi connectivity index (χ4n) is 4.08. The van der Waals surface area contributed by atoms with Gasteiger partial charge < -0.3 is 14.6 Å². The molecular weight excluding hydrogens is 366 g/mol. The van der Waals surface area contributed by atoms with Gasteiger partial charge in [-0.2, -0.15) is 0 Å². The van der Waals surface area contributed by atoms with Gasteiger partial charge in [-0.25, -0.2) is 4.98 Å². The molecule has 0 saturated carbocycles. The molecule has 158 valence electrons. The van der Waals surface area contributed by atoms with Gasteiger partial charge in [-0.15, -0.1) is 0 Å². The number of oxazole rings is 1. The van der Waals surface area contributed by atoms with E-state index in [4.69, 9.17) is 4.42 Å². The van der Waals surface area contributed by atoms with Gasteiger partial charge in [-0.3, -0.25) is 9.59 Å². The van der Waals surface area contributed by atoms with Crippen LogP contribution in [0.3, 0.4) is 0 Å². The molecule has 1 fully saturated rings. The van der Waals surface area contributed by atoms with Crippen molar-refractivity contribution in [3.63, 3.8) is 0 Å². The number of unbranched alkanes of at least 4 members (excludes halogenated alkanes) is 5. The van der Waals surface area contributed by atoms with Crippen LogP contribution in [0.15, 0.2) is 29.0 Å². The van der Waals surface area contributed by atoms with Gasteiger partial charge in [0.05, 0.1) is 0 Å². The Kier molecular flexibility index (Phi) is 7.67. The molecule has 0 radical (unpaired) electrons. The molecule has 2 amide bonds. The van der Waals surface area contributed by atoms with Gasteiger partial charge in [0.15, 0.2) is 12.0 Å². The summed E-state index contributed by atoms with van der Waals surface area (Å²) in [5, 5.41) is 3.13. The Bertz CT molecular complexity index is 817. The van der Waals surface area contributed by atoms with Crippen molar-refractivity contribution >= 4 is 22.9 Å². The van der Waals surface area contributed by atoms with Gasteiger partial charge >= 0.3 is 0 Å². The van der Waals surface area contributed by atoms with Crippen LogP contribution < -0.4 is 5.32 Å². The molecule has 3 rings (SSSR count). The molecule has 2 atom stereocenters. The van der Waals surface area contributed by atoms with E-state index in [0.717, 1.165) is 19.3 Å². The monoisotopic (exact) mass is 399 g/mol. The summed E-state index contributed by atoms with van der Waals surface area (Å²) < 4.78 is 5.24. The summed E-state index contributed by atoms with van der Waals surface area (Å²) in [6.07, 6.45) is 11.4. The normalized spacial score (nSPS) is 17.6. The SMILES string of the molecule is CCCCCCCC[C@@H](C)NC(=O)C1CCCN1C(=O)c1ccc2ocnc2c1. The Morgan fingerprint density at radius 2 is 2.03 bits per heavy atom. The van der Waals surface area contributed by atoms with Gasteiger partial charge in [0.2, 0.25) is 5.91 Å². The van der Waals surface area contributed by atoms with Crippen LogP contribution in [-0.4, -0.2) is 40.3 Å². The first kappa shape index (κ1) is 21.3. The summed E-state index contributed by atoms with van der Waals surface area (Å²) in [7, 11) is 0. The number of benzene rings is 1. The van der Waals surface area contributed by atoms with E-state index in [0.29, 0.717) is 29.6 Å². The average molecular weight is 400 g/mol. The van der Waals surface area contributed by atoms with Gasteiger partial charge in [0.1, 0.15) is 11.6 Å². The fourth-order valence-corrected chi connectivity index (χ4v) is 4.08. The molecule has 6 nitrogen and oxygen atoms in total. The molecule has 1 unspecified atom stereocenters. The third-order valence-electron chi connectivity index (χ3n) is 5.77. The number of nitrogens with zero attached hydrogens (tertiary/aromatic N) is 2. The molecule has 0 aliphatic carbocycles. The lowest BCUT2D eigenvalue weighted by Gasteiger charge is -2.25. The standard InChI is InChI=1S/C23H33N3O3/c1-3-4-5-6-7-8-10-17(2)25-22(27)20-11-9-14-26(20)23(28)18-12-13-21-19(15-18)24-16-29-21/h12-13,15-17,20H,3-11,14H2,1-2H3,(H,25,27)/t17-,20?/m1/s1. The van der Waals surface area contributed by atoms with Crippen molar-refractivity contribution in [1.82, 2.24) is 15.2 Å². The highest BCUT2D eigenvalue weighted by Gasteiger charge is 2.35. The minimum absolute atomic E-state index is 0.0307. The highest BCUT2D eigenvalue weighted by atomic mass is 16.3.